The number of rotatable bonds is 1. The summed E-state index contributed by atoms with van der Waals surface area (Å²) in [5, 5.41) is 0. The Labute approximate surface area is 105 Å². The number of nitrogens with zero attached hydrogens (tertiary/aromatic N) is 1. The molecule has 17 heavy (non-hydrogen) atoms. The standard InChI is InChI=1S/C14H26N2O/c1-11-6-7-13(15)12(10-11)14(17)16-8-4-2-3-5-9-16/h11-13H,2-10,15H2,1H3. The number of likely N-dealkylation sites (tertiary alicyclic amines) is 1. The molecule has 1 saturated carbocycles. The molecule has 0 radical (unpaired) electrons. The molecule has 98 valence electrons. The van der Waals surface area contributed by atoms with Crippen LogP contribution >= 0.6 is 0 Å². The highest BCUT2D eigenvalue weighted by molar-refractivity contribution is 5.79. The van der Waals surface area contributed by atoms with Crippen molar-refractivity contribution in [2.75, 3.05) is 13.1 Å². The van der Waals surface area contributed by atoms with Gasteiger partial charge in [-0.25, -0.2) is 0 Å². The van der Waals surface area contributed by atoms with Gasteiger partial charge >= 0.3 is 0 Å². The summed E-state index contributed by atoms with van der Waals surface area (Å²) in [6, 6.07) is 0.0990. The van der Waals surface area contributed by atoms with Crippen molar-refractivity contribution in [3.63, 3.8) is 0 Å². The van der Waals surface area contributed by atoms with Gasteiger partial charge in [-0.2, -0.15) is 0 Å². The maximum atomic E-state index is 12.5. The van der Waals surface area contributed by atoms with Gasteiger partial charge in [0.1, 0.15) is 0 Å². The van der Waals surface area contributed by atoms with E-state index >= 15 is 0 Å². The monoisotopic (exact) mass is 238 g/mol. The number of amides is 1. The fraction of sp³-hybridized carbons (Fsp3) is 0.929. The first-order valence-electron chi connectivity index (χ1n) is 7.23. The highest BCUT2D eigenvalue weighted by Gasteiger charge is 2.34. The SMILES string of the molecule is CC1CCC(N)C(C(=O)N2CCCCCC2)C1. The lowest BCUT2D eigenvalue weighted by molar-refractivity contribution is -0.137. The summed E-state index contributed by atoms with van der Waals surface area (Å²) in [6.45, 7) is 4.15. The van der Waals surface area contributed by atoms with Gasteiger partial charge < -0.3 is 10.6 Å². The zero-order valence-electron chi connectivity index (χ0n) is 11.0. The molecule has 2 aliphatic rings. The smallest absolute Gasteiger partial charge is 0.227 e. The molecule has 1 amide bonds. The van der Waals surface area contributed by atoms with Gasteiger partial charge in [-0.15, -0.1) is 0 Å². The van der Waals surface area contributed by atoms with Crippen LogP contribution in [0.3, 0.4) is 0 Å². The van der Waals surface area contributed by atoms with Gasteiger partial charge in [0.15, 0.2) is 0 Å². The van der Waals surface area contributed by atoms with Crippen molar-refractivity contribution < 1.29 is 4.79 Å². The molecule has 0 aromatic rings. The molecule has 1 heterocycles. The molecule has 1 aliphatic heterocycles. The van der Waals surface area contributed by atoms with Gasteiger partial charge in [-0.3, -0.25) is 4.79 Å². The van der Waals surface area contributed by atoms with E-state index in [0.717, 1.165) is 25.9 Å². The third kappa shape index (κ3) is 3.21. The van der Waals surface area contributed by atoms with Crippen LogP contribution in [0.25, 0.3) is 0 Å². The van der Waals surface area contributed by atoms with Crippen molar-refractivity contribution in [2.24, 2.45) is 17.6 Å². The molecule has 0 aromatic heterocycles. The van der Waals surface area contributed by atoms with Crippen molar-refractivity contribution in [1.29, 1.82) is 0 Å². The van der Waals surface area contributed by atoms with E-state index in [9.17, 15) is 4.79 Å². The molecule has 1 aliphatic carbocycles. The van der Waals surface area contributed by atoms with E-state index in [1.807, 2.05) is 0 Å². The van der Waals surface area contributed by atoms with E-state index in [4.69, 9.17) is 5.73 Å². The second-order valence-electron chi connectivity index (χ2n) is 5.93. The Morgan fingerprint density at radius 3 is 2.41 bits per heavy atom. The second kappa shape index (κ2) is 5.85. The van der Waals surface area contributed by atoms with Crippen molar-refractivity contribution in [3.05, 3.63) is 0 Å². The molecule has 3 atom stereocenters. The van der Waals surface area contributed by atoms with Gasteiger partial charge in [-0.05, 0) is 38.0 Å². The topological polar surface area (TPSA) is 46.3 Å². The number of carbonyl (C=O) groups excluding carboxylic acids is 1. The van der Waals surface area contributed by atoms with E-state index in [-0.39, 0.29) is 12.0 Å². The first-order valence-corrected chi connectivity index (χ1v) is 7.23. The Hall–Kier alpha value is -0.570. The molecule has 0 aromatic carbocycles. The highest BCUT2D eigenvalue weighted by atomic mass is 16.2. The van der Waals surface area contributed by atoms with Crippen LogP contribution in [0.4, 0.5) is 0 Å². The molecule has 2 rings (SSSR count). The van der Waals surface area contributed by atoms with Crippen LogP contribution in [0.2, 0.25) is 0 Å². The number of nitrogens with two attached hydrogens (primary N) is 1. The molecule has 2 N–H and O–H groups in total. The fourth-order valence-corrected chi connectivity index (χ4v) is 3.21. The normalized spacial score (nSPS) is 35.4. The molecule has 3 unspecified atom stereocenters. The van der Waals surface area contributed by atoms with Crippen molar-refractivity contribution >= 4 is 5.91 Å². The van der Waals surface area contributed by atoms with E-state index < -0.39 is 0 Å². The van der Waals surface area contributed by atoms with Crippen LogP contribution in [0.5, 0.6) is 0 Å². The van der Waals surface area contributed by atoms with Crippen LogP contribution < -0.4 is 5.73 Å². The zero-order valence-corrected chi connectivity index (χ0v) is 11.0. The lowest BCUT2D eigenvalue weighted by Crippen LogP contribution is -2.47. The van der Waals surface area contributed by atoms with Gasteiger partial charge in [-0.1, -0.05) is 19.8 Å². The van der Waals surface area contributed by atoms with Gasteiger partial charge in [0.05, 0.1) is 5.92 Å². The molecular formula is C14H26N2O. The number of hydrogen-bond acceptors (Lipinski definition) is 2. The van der Waals surface area contributed by atoms with Crippen LogP contribution in [0.1, 0.15) is 51.9 Å². The van der Waals surface area contributed by atoms with Gasteiger partial charge in [0, 0.05) is 19.1 Å². The van der Waals surface area contributed by atoms with E-state index in [0.29, 0.717) is 11.8 Å². The van der Waals surface area contributed by atoms with Crippen molar-refractivity contribution in [1.82, 2.24) is 4.90 Å². The van der Waals surface area contributed by atoms with Crippen LogP contribution in [0, 0.1) is 11.8 Å². The average molecular weight is 238 g/mol. The molecule has 0 spiro atoms. The summed E-state index contributed by atoms with van der Waals surface area (Å²) in [7, 11) is 0. The molecule has 3 nitrogen and oxygen atoms in total. The molecule has 1 saturated heterocycles. The summed E-state index contributed by atoms with van der Waals surface area (Å²) in [5.74, 6) is 1.10. The fourth-order valence-electron chi connectivity index (χ4n) is 3.21. The summed E-state index contributed by atoms with van der Waals surface area (Å²) >= 11 is 0. The molecule has 0 bridgehead atoms. The van der Waals surface area contributed by atoms with E-state index in [1.165, 1.54) is 32.1 Å². The molecule has 3 heteroatoms. The Bertz CT molecular complexity index is 259. The van der Waals surface area contributed by atoms with Crippen LogP contribution in [-0.2, 0) is 4.79 Å². The molecule has 2 fully saturated rings. The second-order valence-corrected chi connectivity index (χ2v) is 5.93. The minimum absolute atomic E-state index is 0.0943. The van der Waals surface area contributed by atoms with Crippen molar-refractivity contribution in [3.8, 4) is 0 Å². The third-order valence-electron chi connectivity index (χ3n) is 4.40. The minimum atomic E-state index is 0.0943. The summed E-state index contributed by atoms with van der Waals surface area (Å²) < 4.78 is 0. The largest absolute Gasteiger partial charge is 0.342 e. The first kappa shape index (κ1) is 12.9. The lowest BCUT2D eigenvalue weighted by atomic mass is 9.78. The highest BCUT2D eigenvalue weighted by Crippen LogP contribution is 2.29. The quantitative estimate of drug-likeness (QED) is 0.761. The first-order chi connectivity index (χ1) is 8.18. The van der Waals surface area contributed by atoms with Crippen molar-refractivity contribution in [2.45, 2.75) is 57.9 Å². The number of hydrogen-bond donors (Lipinski definition) is 1. The maximum absolute atomic E-state index is 12.5. The third-order valence-corrected chi connectivity index (χ3v) is 4.40. The molecular weight excluding hydrogens is 212 g/mol. The Balaban J connectivity index is 1.96. The summed E-state index contributed by atoms with van der Waals surface area (Å²) in [6.07, 6.45) is 8.09. The summed E-state index contributed by atoms with van der Waals surface area (Å²) in [4.78, 5) is 14.6. The zero-order chi connectivity index (χ0) is 12.3. The maximum Gasteiger partial charge on any atom is 0.227 e. The van der Waals surface area contributed by atoms with E-state index in [1.54, 1.807) is 0 Å². The average Bonchev–Trinajstić information content (AvgIpc) is 2.60. The summed E-state index contributed by atoms with van der Waals surface area (Å²) in [5.41, 5.74) is 6.14. The minimum Gasteiger partial charge on any atom is -0.342 e. The van der Waals surface area contributed by atoms with Crippen LogP contribution in [-0.4, -0.2) is 29.9 Å². The van der Waals surface area contributed by atoms with Crippen LogP contribution in [0.15, 0.2) is 0 Å². The Morgan fingerprint density at radius 2 is 1.76 bits per heavy atom. The predicted molar refractivity (Wildman–Crippen MR) is 69.5 cm³/mol. The Kier molecular flexibility index (Phi) is 4.43. The Morgan fingerprint density at radius 1 is 1.12 bits per heavy atom. The van der Waals surface area contributed by atoms with E-state index in [2.05, 4.69) is 11.8 Å². The van der Waals surface area contributed by atoms with Gasteiger partial charge in [0.2, 0.25) is 5.91 Å². The lowest BCUT2D eigenvalue weighted by Gasteiger charge is -2.35. The predicted octanol–water partition coefficient (Wildman–Crippen LogP) is 2.15. The number of carbonyl (C=O) groups is 1. The van der Waals surface area contributed by atoms with Gasteiger partial charge in [0.25, 0.3) is 0 Å².